The maximum absolute atomic E-state index is 9.40. The monoisotopic (exact) mass is 178 g/mol. The van der Waals surface area contributed by atoms with Crippen LogP contribution in [-0.2, 0) is 9.47 Å². The van der Waals surface area contributed by atoms with Crippen molar-refractivity contribution in [2.45, 2.75) is 37.6 Å². The Labute approximate surface area is 70.5 Å². The summed E-state index contributed by atoms with van der Waals surface area (Å²) in [6, 6.07) is 0. The van der Waals surface area contributed by atoms with E-state index in [1.54, 1.807) is 6.92 Å². The number of rotatable bonds is 1. The van der Waals surface area contributed by atoms with Crippen LogP contribution in [0.3, 0.4) is 0 Å². The molecule has 0 aromatic carbocycles. The summed E-state index contributed by atoms with van der Waals surface area (Å²) >= 11 is 0. The summed E-state index contributed by atoms with van der Waals surface area (Å²) in [6.07, 6.45) is -4.71. The first-order valence-electron chi connectivity index (χ1n) is 3.80. The molecule has 0 aromatic heterocycles. The van der Waals surface area contributed by atoms with Gasteiger partial charge in [-0.1, -0.05) is 0 Å². The third-order valence-corrected chi connectivity index (χ3v) is 2.07. The van der Waals surface area contributed by atoms with E-state index in [1.807, 2.05) is 0 Å². The normalized spacial score (nSPS) is 49.2. The Balaban J connectivity index is 2.67. The number of aliphatic hydroxyl groups excluding tert-OH is 3. The van der Waals surface area contributed by atoms with E-state index in [1.165, 1.54) is 7.11 Å². The number of hydrogen-bond donors (Lipinski definition) is 3. The van der Waals surface area contributed by atoms with Gasteiger partial charge in [0.05, 0.1) is 6.10 Å². The lowest BCUT2D eigenvalue weighted by molar-refractivity contribution is -0.282. The molecule has 5 heteroatoms. The van der Waals surface area contributed by atoms with Crippen LogP contribution in [-0.4, -0.2) is 53.1 Å². The minimum absolute atomic E-state index is 0.534. The zero-order chi connectivity index (χ0) is 9.30. The predicted molar refractivity (Wildman–Crippen MR) is 39.4 cm³/mol. The second kappa shape index (κ2) is 3.68. The SMILES string of the molecule is CO[C@H]1[C@@H](O)[C@H](O)O[C@@H](C)[C@H]1O. The Morgan fingerprint density at radius 1 is 1.17 bits per heavy atom. The van der Waals surface area contributed by atoms with Crippen LogP contribution >= 0.6 is 0 Å². The van der Waals surface area contributed by atoms with Crippen molar-refractivity contribution in [3.8, 4) is 0 Å². The van der Waals surface area contributed by atoms with Crippen molar-refractivity contribution in [2.24, 2.45) is 0 Å². The van der Waals surface area contributed by atoms with E-state index in [0.29, 0.717) is 0 Å². The molecule has 1 aliphatic heterocycles. The summed E-state index contributed by atoms with van der Waals surface area (Å²) < 4.78 is 9.63. The summed E-state index contributed by atoms with van der Waals surface area (Å²) in [5.41, 5.74) is 0. The minimum Gasteiger partial charge on any atom is -0.388 e. The Kier molecular flexibility index (Phi) is 3.03. The van der Waals surface area contributed by atoms with Gasteiger partial charge in [-0.15, -0.1) is 0 Å². The van der Waals surface area contributed by atoms with Gasteiger partial charge in [0.25, 0.3) is 0 Å². The summed E-state index contributed by atoms with van der Waals surface area (Å²) in [5, 5.41) is 27.8. The average molecular weight is 178 g/mol. The number of methoxy groups -OCH3 is 1. The quantitative estimate of drug-likeness (QED) is 0.453. The van der Waals surface area contributed by atoms with Crippen LogP contribution in [0.4, 0.5) is 0 Å². The topological polar surface area (TPSA) is 79.2 Å². The molecule has 1 saturated heterocycles. The molecule has 0 bridgehead atoms. The summed E-state index contributed by atoms with van der Waals surface area (Å²) in [7, 11) is 1.36. The minimum atomic E-state index is -1.28. The molecule has 1 rings (SSSR count). The standard InChI is InChI=1S/C7H14O5/c1-3-4(8)6(11-2)5(9)7(10)12-3/h3-10H,1-2H3/t3-,4+,5+,6+,7+/m0/s1. The van der Waals surface area contributed by atoms with E-state index in [9.17, 15) is 10.2 Å². The molecule has 5 nitrogen and oxygen atoms in total. The Morgan fingerprint density at radius 3 is 2.25 bits per heavy atom. The Hall–Kier alpha value is -0.200. The molecule has 0 radical (unpaired) electrons. The van der Waals surface area contributed by atoms with Gasteiger partial charge in [-0.25, -0.2) is 0 Å². The highest BCUT2D eigenvalue weighted by atomic mass is 16.6. The number of hydrogen-bond acceptors (Lipinski definition) is 5. The fourth-order valence-corrected chi connectivity index (χ4v) is 1.29. The smallest absolute Gasteiger partial charge is 0.183 e. The lowest BCUT2D eigenvalue weighted by Gasteiger charge is -2.38. The third kappa shape index (κ3) is 1.60. The molecule has 12 heavy (non-hydrogen) atoms. The first-order valence-corrected chi connectivity index (χ1v) is 3.80. The van der Waals surface area contributed by atoms with Gasteiger partial charge in [-0.05, 0) is 6.92 Å². The van der Waals surface area contributed by atoms with Crippen molar-refractivity contribution in [1.82, 2.24) is 0 Å². The van der Waals surface area contributed by atoms with Gasteiger partial charge in [0.2, 0.25) is 0 Å². The predicted octanol–water partition coefficient (Wildman–Crippen LogP) is -1.54. The zero-order valence-electron chi connectivity index (χ0n) is 7.04. The highest BCUT2D eigenvalue weighted by Crippen LogP contribution is 2.21. The van der Waals surface area contributed by atoms with Crippen LogP contribution in [0.1, 0.15) is 6.92 Å². The van der Waals surface area contributed by atoms with Crippen molar-refractivity contribution in [3.05, 3.63) is 0 Å². The zero-order valence-corrected chi connectivity index (χ0v) is 7.04. The van der Waals surface area contributed by atoms with Gasteiger partial charge in [0.15, 0.2) is 6.29 Å². The molecule has 3 N–H and O–H groups in total. The van der Waals surface area contributed by atoms with Crippen molar-refractivity contribution >= 4 is 0 Å². The molecule has 5 atom stereocenters. The lowest BCUT2D eigenvalue weighted by Crippen LogP contribution is -2.57. The average Bonchev–Trinajstić information content (AvgIpc) is 2.02. The fraction of sp³-hybridized carbons (Fsp3) is 1.00. The highest BCUT2D eigenvalue weighted by molar-refractivity contribution is 4.87. The molecule has 0 saturated carbocycles. The van der Waals surface area contributed by atoms with Gasteiger partial charge in [-0.2, -0.15) is 0 Å². The molecular formula is C7H14O5. The van der Waals surface area contributed by atoms with Crippen LogP contribution in [0.2, 0.25) is 0 Å². The molecule has 0 spiro atoms. The van der Waals surface area contributed by atoms with E-state index < -0.39 is 30.7 Å². The van der Waals surface area contributed by atoms with E-state index in [2.05, 4.69) is 0 Å². The van der Waals surface area contributed by atoms with Crippen LogP contribution in [0, 0.1) is 0 Å². The largest absolute Gasteiger partial charge is 0.388 e. The van der Waals surface area contributed by atoms with Gasteiger partial charge < -0.3 is 24.8 Å². The van der Waals surface area contributed by atoms with E-state index in [0.717, 1.165) is 0 Å². The molecule has 0 amide bonds. The van der Waals surface area contributed by atoms with Crippen molar-refractivity contribution in [3.63, 3.8) is 0 Å². The molecule has 0 aromatic rings. The molecule has 0 aliphatic carbocycles. The molecule has 1 aliphatic rings. The van der Waals surface area contributed by atoms with Gasteiger partial charge in [-0.3, -0.25) is 0 Å². The fourth-order valence-electron chi connectivity index (χ4n) is 1.29. The molecule has 1 heterocycles. The second-order valence-corrected chi connectivity index (χ2v) is 2.91. The van der Waals surface area contributed by atoms with Crippen LogP contribution in [0.15, 0.2) is 0 Å². The molecule has 72 valence electrons. The molecule has 0 unspecified atom stereocenters. The van der Waals surface area contributed by atoms with Crippen molar-refractivity contribution < 1.29 is 24.8 Å². The summed E-state index contributed by atoms with van der Waals surface area (Å²) in [4.78, 5) is 0. The van der Waals surface area contributed by atoms with Gasteiger partial charge in [0, 0.05) is 7.11 Å². The van der Waals surface area contributed by atoms with E-state index in [-0.39, 0.29) is 0 Å². The highest BCUT2D eigenvalue weighted by Gasteiger charge is 2.42. The first-order chi connectivity index (χ1) is 5.57. The maximum atomic E-state index is 9.40. The Morgan fingerprint density at radius 2 is 1.75 bits per heavy atom. The summed E-state index contributed by atoms with van der Waals surface area (Å²) in [6.45, 7) is 1.60. The van der Waals surface area contributed by atoms with E-state index >= 15 is 0 Å². The lowest BCUT2D eigenvalue weighted by atomic mass is 10.00. The van der Waals surface area contributed by atoms with Crippen molar-refractivity contribution in [1.29, 1.82) is 0 Å². The van der Waals surface area contributed by atoms with Crippen LogP contribution in [0.5, 0.6) is 0 Å². The second-order valence-electron chi connectivity index (χ2n) is 2.91. The Bertz CT molecular complexity index is 137. The van der Waals surface area contributed by atoms with E-state index in [4.69, 9.17) is 14.6 Å². The third-order valence-electron chi connectivity index (χ3n) is 2.07. The maximum Gasteiger partial charge on any atom is 0.183 e. The molecular weight excluding hydrogens is 164 g/mol. The van der Waals surface area contributed by atoms with Crippen LogP contribution in [0.25, 0.3) is 0 Å². The number of aliphatic hydroxyl groups is 3. The molecule has 1 fully saturated rings. The van der Waals surface area contributed by atoms with Gasteiger partial charge in [0.1, 0.15) is 18.3 Å². The summed E-state index contributed by atoms with van der Waals surface area (Å²) in [5.74, 6) is 0. The van der Waals surface area contributed by atoms with Crippen LogP contribution < -0.4 is 0 Å². The van der Waals surface area contributed by atoms with Crippen molar-refractivity contribution in [2.75, 3.05) is 7.11 Å². The number of ether oxygens (including phenoxy) is 2. The van der Waals surface area contributed by atoms with Gasteiger partial charge >= 0.3 is 0 Å². The first kappa shape index (κ1) is 9.88.